The first-order valence-corrected chi connectivity index (χ1v) is 5.74. The zero-order valence-electron chi connectivity index (χ0n) is 9.71. The van der Waals surface area contributed by atoms with Gasteiger partial charge in [-0.2, -0.15) is 0 Å². The molecule has 0 aliphatic heterocycles. The summed E-state index contributed by atoms with van der Waals surface area (Å²) in [7, 11) is 0. The minimum Gasteiger partial charge on any atom is -0.324 e. The molecule has 0 saturated heterocycles. The third-order valence-electron chi connectivity index (χ3n) is 3.05. The van der Waals surface area contributed by atoms with E-state index in [1.807, 2.05) is 24.3 Å². The fourth-order valence-electron chi connectivity index (χ4n) is 1.66. The molecule has 6 nitrogen and oxygen atoms in total. The number of nitrogens with zero attached hydrogens (tertiary/aromatic N) is 3. The van der Waals surface area contributed by atoms with E-state index in [9.17, 15) is 4.79 Å². The Morgan fingerprint density at radius 3 is 2.61 bits per heavy atom. The molecule has 3 rings (SSSR count). The normalized spacial score (nSPS) is 16.3. The zero-order valence-corrected chi connectivity index (χ0v) is 9.71. The summed E-state index contributed by atoms with van der Waals surface area (Å²) in [5.41, 5.74) is 6.79. The van der Waals surface area contributed by atoms with Gasteiger partial charge in [0.2, 0.25) is 5.91 Å². The number of carbonyl (C=O) groups excluding carboxylic acids is 1. The van der Waals surface area contributed by atoms with Gasteiger partial charge in [-0.25, -0.2) is 4.68 Å². The van der Waals surface area contributed by atoms with Crippen LogP contribution in [-0.2, 0) is 4.79 Å². The van der Waals surface area contributed by atoms with Crippen LogP contribution in [0.3, 0.4) is 0 Å². The first-order valence-electron chi connectivity index (χ1n) is 5.74. The molecule has 1 heterocycles. The highest BCUT2D eigenvalue weighted by atomic mass is 16.2. The van der Waals surface area contributed by atoms with Gasteiger partial charge < -0.3 is 11.1 Å². The molecule has 0 bridgehead atoms. The molecule has 0 radical (unpaired) electrons. The number of benzene rings is 1. The summed E-state index contributed by atoms with van der Waals surface area (Å²) in [6.45, 7) is 0. The summed E-state index contributed by atoms with van der Waals surface area (Å²) in [5, 5.41) is 10.4. The molecule has 2 aromatic rings. The van der Waals surface area contributed by atoms with Crippen molar-refractivity contribution in [2.75, 3.05) is 5.32 Å². The van der Waals surface area contributed by atoms with E-state index in [0.29, 0.717) is 0 Å². The highest BCUT2D eigenvalue weighted by Gasteiger charge is 2.45. The van der Waals surface area contributed by atoms with E-state index in [2.05, 4.69) is 15.6 Å². The second-order valence-corrected chi connectivity index (χ2v) is 4.50. The van der Waals surface area contributed by atoms with Crippen molar-refractivity contribution < 1.29 is 4.79 Å². The monoisotopic (exact) mass is 243 g/mol. The van der Waals surface area contributed by atoms with Gasteiger partial charge in [-0.15, -0.1) is 5.10 Å². The molecule has 1 aromatic heterocycles. The van der Waals surface area contributed by atoms with Gasteiger partial charge in [0, 0.05) is 5.69 Å². The molecular formula is C12H13N5O. The SMILES string of the molecule is NC1(C(=O)Nc2ccc(-n3ccnn3)cc2)CC1. The van der Waals surface area contributed by atoms with E-state index in [1.165, 1.54) is 0 Å². The van der Waals surface area contributed by atoms with Gasteiger partial charge in [0.05, 0.1) is 23.6 Å². The Bertz CT molecular complexity index is 557. The Morgan fingerprint density at radius 2 is 2.06 bits per heavy atom. The number of aromatic nitrogens is 3. The molecule has 18 heavy (non-hydrogen) atoms. The van der Waals surface area contributed by atoms with Crippen LogP contribution in [0.2, 0.25) is 0 Å². The molecule has 1 saturated carbocycles. The van der Waals surface area contributed by atoms with Gasteiger partial charge in [-0.3, -0.25) is 4.79 Å². The lowest BCUT2D eigenvalue weighted by Gasteiger charge is -2.10. The minimum absolute atomic E-state index is 0.115. The van der Waals surface area contributed by atoms with Crippen LogP contribution >= 0.6 is 0 Å². The highest BCUT2D eigenvalue weighted by Crippen LogP contribution is 2.33. The fourth-order valence-corrected chi connectivity index (χ4v) is 1.66. The second-order valence-electron chi connectivity index (χ2n) is 4.50. The molecule has 1 fully saturated rings. The molecular weight excluding hydrogens is 230 g/mol. The molecule has 0 atom stereocenters. The van der Waals surface area contributed by atoms with Crippen LogP contribution in [0.4, 0.5) is 5.69 Å². The third kappa shape index (κ3) is 1.98. The Morgan fingerprint density at radius 1 is 1.33 bits per heavy atom. The van der Waals surface area contributed by atoms with Gasteiger partial charge in [0.25, 0.3) is 0 Å². The number of nitrogens with one attached hydrogen (secondary N) is 1. The minimum atomic E-state index is -0.648. The maximum Gasteiger partial charge on any atom is 0.244 e. The maximum atomic E-state index is 11.7. The highest BCUT2D eigenvalue weighted by molar-refractivity contribution is 6.00. The number of rotatable bonds is 3. The molecule has 1 amide bonds. The lowest BCUT2D eigenvalue weighted by molar-refractivity contribution is -0.118. The van der Waals surface area contributed by atoms with E-state index in [4.69, 9.17) is 5.73 Å². The standard InChI is InChI=1S/C12H13N5O/c13-12(5-6-12)11(18)15-9-1-3-10(4-2-9)17-8-7-14-16-17/h1-4,7-8H,5-6,13H2,(H,15,18). The molecule has 3 N–H and O–H groups in total. The first-order chi connectivity index (χ1) is 8.67. The molecule has 1 aliphatic rings. The molecule has 1 aromatic carbocycles. The largest absolute Gasteiger partial charge is 0.324 e. The number of carbonyl (C=O) groups is 1. The Hall–Kier alpha value is -2.21. The van der Waals surface area contributed by atoms with E-state index in [-0.39, 0.29) is 5.91 Å². The van der Waals surface area contributed by atoms with Crippen molar-refractivity contribution in [2.24, 2.45) is 5.73 Å². The first kappa shape index (κ1) is 10.9. The third-order valence-corrected chi connectivity index (χ3v) is 3.05. The van der Waals surface area contributed by atoms with Crippen LogP contribution in [-0.4, -0.2) is 26.4 Å². The summed E-state index contributed by atoms with van der Waals surface area (Å²) in [6, 6.07) is 7.36. The van der Waals surface area contributed by atoms with Crippen molar-refractivity contribution >= 4 is 11.6 Å². The van der Waals surface area contributed by atoms with Crippen LogP contribution < -0.4 is 11.1 Å². The van der Waals surface area contributed by atoms with Crippen molar-refractivity contribution in [3.63, 3.8) is 0 Å². The van der Waals surface area contributed by atoms with Crippen molar-refractivity contribution in [1.82, 2.24) is 15.0 Å². The van der Waals surface area contributed by atoms with E-state index in [1.54, 1.807) is 17.1 Å². The van der Waals surface area contributed by atoms with Gasteiger partial charge in [0.1, 0.15) is 0 Å². The van der Waals surface area contributed by atoms with Gasteiger partial charge in [-0.1, -0.05) is 5.21 Å². The molecule has 6 heteroatoms. The summed E-state index contributed by atoms with van der Waals surface area (Å²) in [5.74, 6) is -0.115. The van der Waals surface area contributed by atoms with Gasteiger partial charge in [-0.05, 0) is 37.1 Å². The van der Waals surface area contributed by atoms with E-state index in [0.717, 1.165) is 24.2 Å². The fraction of sp³-hybridized carbons (Fsp3) is 0.250. The topological polar surface area (TPSA) is 85.8 Å². The summed E-state index contributed by atoms with van der Waals surface area (Å²) in [4.78, 5) is 11.7. The number of nitrogens with two attached hydrogens (primary N) is 1. The molecule has 0 unspecified atom stereocenters. The zero-order chi connectivity index (χ0) is 12.6. The van der Waals surface area contributed by atoms with Crippen molar-refractivity contribution in [1.29, 1.82) is 0 Å². The average molecular weight is 243 g/mol. The van der Waals surface area contributed by atoms with Crippen LogP contribution in [0.5, 0.6) is 0 Å². The van der Waals surface area contributed by atoms with Crippen LogP contribution in [0, 0.1) is 0 Å². The van der Waals surface area contributed by atoms with Crippen molar-refractivity contribution in [3.8, 4) is 5.69 Å². The van der Waals surface area contributed by atoms with Gasteiger partial charge in [0.15, 0.2) is 0 Å². The number of amides is 1. The Kier molecular flexibility index (Phi) is 2.38. The van der Waals surface area contributed by atoms with E-state index < -0.39 is 5.54 Å². The van der Waals surface area contributed by atoms with Crippen LogP contribution in [0.25, 0.3) is 5.69 Å². The van der Waals surface area contributed by atoms with Gasteiger partial charge >= 0.3 is 0 Å². The van der Waals surface area contributed by atoms with E-state index >= 15 is 0 Å². The average Bonchev–Trinajstić information content (AvgIpc) is 2.94. The van der Waals surface area contributed by atoms with Crippen LogP contribution in [0.15, 0.2) is 36.7 Å². The lowest BCUT2D eigenvalue weighted by Crippen LogP contribution is -2.37. The number of hydrogen-bond donors (Lipinski definition) is 2. The predicted molar refractivity (Wildman–Crippen MR) is 66.1 cm³/mol. The Labute approximate surface area is 104 Å². The smallest absolute Gasteiger partial charge is 0.244 e. The molecule has 1 aliphatic carbocycles. The van der Waals surface area contributed by atoms with Crippen LogP contribution in [0.1, 0.15) is 12.8 Å². The Balaban J connectivity index is 1.73. The predicted octanol–water partition coefficient (Wildman–Crippen LogP) is 0.697. The second kappa shape index (κ2) is 3.92. The summed E-state index contributed by atoms with van der Waals surface area (Å²) >= 11 is 0. The lowest BCUT2D eigenvalue weighted by atomic mass is 10.2. The maximum absolute atomic E-state index is 11.7. The molecule has 0 spiro atoms. The summed E-state index contributed by atoms with van der Waals surface area (Å²) in [6.07, 6.45) is 4.89. The quantitative estimate of drug-likeness (QED) is 0.830. The van der Waals surface area contributed by atoms with Crippen molar-refractivity contribution in [2.45, 2.75) is 18.4 Å². The summed E-state index contributed by atoms with van der Waals surface area (Å²) < 4.78 is 1.65. The number of hydrogen-bond acceptors (Lipinski definition) is 4. The molecule has 92 valence electrons. The van der Waals surface area contributed by atoms with Crippen molar-refractivity contribution in [3.05, 3.63) is 36.7 Å². The number of anilines is 1.